The number of carbonyl (C=O) groups is 1. The van der Waals surface area contributed by atoms with Crippen LogP contribution in [0.5, 0.6) is 0 Å². The topological polar surface area (TPSA) is 65.5 Å². The normalized spacial score (nSPS) is 11.1. The van der Waals surface area contributed by atoms with Gasteiger partial charge in [0.25, 0.3) is 0 Å². The van der Waals surface area contributed by atoms with E-state index in [9.17, 15) is 9.18 Å². The summed E-state index contributed by atoms with van der Waals surface area (Å²) in [6, 6.07) is 1.61. The van der Waals surface area contributed by atoms with E-state index in [0.717, 1.165) is 19.0 Å². The Morgan fingerprint density at radius 1 is 1.58 bits per heavy atom. The monoisotopic (exact) mass is 269 g/mol. The van der Waals surface area contributed by atoms with Crippen LogP contribution in [0.3, 0.4) is 0 Å². The van der Waals surface area contributed by atoms with E-state index in [4.69, 9.17) is 5.11 Å². The Balaban J connectivity index is 2.50. The van der Waals surface area contributed by atoms with Crippen LogP contribution in [0.4, 0.5) is 10.2 Å². The fourth-order valence-electron chi connectivity index (χ4n) is 1.53. The van der Waals surface area contributed by atoms with Gasteiger partial charge in [0.1, 0.15) is 5.56 Å². The third-order valence-corrected chi connectivity index (χ3v) is 2.98. The van der Waals surface area contributed by atoms with Gasteiger partial charge >= 0.3 is 5.97 Å². The summed E-state index contributed by atoms with van der Waals surface area (Å²) in [6.07, 6.45) is 2.11. The van der Waals surface area contributed by atoms with Gasteiger partial charge in [0, 0.05) is 18.8 Å². The second-order valence-corrected chi connectivity index (χ2v) is 4.68. The Bertz CT molecular complexity index is 438. The smallest absolute Gasteiger partial charge is 0.338 e. The minimum Gasteiger partial charge on any atom is -0.478 e. The average molecular weight is 269 g/mol. The molecule has 1 aromatic heterocycles. The van der Waals surface area contributed by atoms with Crippen molar-refractivity contribution in [2.75, 3.05) is 25.5 Å². The predicted molar refractivity (Wildman–Crippen MR) is 72.0 cm³/mol. The van der Waals surface area contributed by atoms with Crippen molar-refractivity contribution in [3.8, 4) is 0 Å². The molecule has 19 heavy (non-hydrogen) atoms. The standard InChI is InChI=1S/C13H20FN3O2/c1-9(2)17(3)8-4-6-15-12-11(14)10(13(18)19)5-7-16-12/h5,7,9H,4,6,8H2,1-3H3,(H,15,16)(H,18,19). The van der Waals surface area contributed by atoms with Gasteiger partial charge < -0.3 is 15.3 Å². The van der Waals surface area contributed by atoms with Crippen LogP contribution in [0.2, 0.25) is 0 Å². The largest absolute Gasteiger partial charge is 0.478 e. The highest BCUT2D eigenvalue weighted by molar-refractivity contribution is 5.88. The number of aromatic nitrogens is 1. The van der Waals surface area contributed by atoms with Crippen molar-refractivity contribution in [2.45, 2.75) is 26.3 Å². The number of nitrogens with one attached hydrogen (secondary N) is 1. The third-order valence-electron chi connectivity index (χ3n) is 2.98. The molecule has 0 unspecified atom stereocenters. The van der Waals surface area contributed by atoms with Crippen molar-refractivity contribution >= 4 is 11.8 Å². The van der Waals surface area contributed by atoms with E-state index in [2.05, 4.69) is 29.0 Å². The lowest BCUT2D eigenvalue weighted by Crippen LogP contribution is -2.28. The highest BCUT2D eigenvalue weighted by atomic mass is 19.1. The summed E-state index contributed by atoms with van der Waals surface area (Å²) < 4.78 is 13.7. The first-order valence-corrected chi connectivity index (χ1v) is 6.25. The van der Waals surface area contributed by atoms with Gasteiger partial charge in [-0.2, -0.15) is 0 Å². The molecule has 2 N–H and O–H groups in total. The summed E-state index contributed by atoms with van der Waals surface area (Å²) in [5.41, 5.74) is -0.364. The molecule has 0 saturated heterocycles. The minimum atomic E-state index is -1.29. The molecule has 6 heteroatoms. The third kappa shape index (κ3) is 4.48. The molecule has 0 aliphatic heterocycles. The first-order valence-electron chi connectivity index (χ1n) is 6.25. The Morgan fingerprint density at radius 3 is 2.84 bits per heavy atom. The van der Waals surface area contributed by atoms with Gasteiger partial charge in [-0.25, -0.2) is 14.2 Å². The molecule has 0 aromatic carbocycles. The van der Waals surface area contributed by atoms with Crippen LogP contribution in [-0.2, 0) is 0 Å². The quantitative estimate of drug-likeness (QED) is 0.742. The number of pyridine rings is 1. The molecule has 1 rings (SSSR count). The lowest BCUT2D eigenvalue weighted by Gasteiger charge is -2.20. The second-order valence-electron chi connectivity index (χ2n) is 4.68. The van der Waals surface area contributed by atoms with Gasteiger partial charge in [0.15, 0.2) is 11.6 Å². The van der Waals surface area contributed by atoms with Gasteiger partial charge in [0.05, 0.1) is 0 Å². The molecular formula is C13H20FN3O2. The minimum absolute atomic E-state index is 0.00731. The molecule has 0 saturated carbocycles. The zero-order valence-electron chi connectivity index (χ0n) is 11.5. The fourth-order valence-corrected chi connectivity index (χ4v) is 1.53. The highest BCUT2D eigenvalue weighted by Gasteiger charge is 2.14. The maximum Gasteiger partial charge on any atom is 0.338 e. The molecule has 0 aliphatic rings. The maximum atomic E-state index is 13.7. The Hall–Kier alpha value is -1.69. The summed E-state index contributed by atoms with van der Waals surface area (Å²) in [6.45, 7) is 5.63. The van der Waals surface area contributed by atoms with Crippen LogP contribution in [-0.4, -0.2) is 47.1 Å². The van der Waals surface area contributed by atoms with Gasteiger partial charge in [-0.15, -0.1) is 0 Å². The van der Waals surface area contributed by atoms with Crippen molar-refractivity contribution in [1.82, 2.24) is 9.88 Å². The van der Waals surface area contributed by atoms with E-state index in [0.29, 0.717) is 12.6 Å². The van der Waals surface area contributed by atoms with Crippen molar-refractivity contribution in [1.29, 1.82) is 0 Å². The van der Waals surface area contributed by atoms with Crippen LogP contribution in [0, 0.1) is 5.82 Å². The van der Waals surface area contributed by atoms with Gasteiger partial charge in [-0.3, -0.25) is 0 Å². The molecule has 1 aromatic rings. The molecule has 0 fully saturated rings. The Morgan fingerprint density at radius 2 is 2.26 bits per heavy atom. The number of hydrogen-bond acceptors (Lipinski definition) is 4. The van der Waals surface area contributed by atoms with Gasteiger partial charge in [0.2, 0.25) is 0 Å². The van der Waals surface area contributed by atoms with Gasteiger partial charge in [-0.05, 0) is 39.9 Å². The Labute approximate surface area is 112 Å². The van der Waals surface area contributed by atoms with Gasteiger partial charge in [-0.1, -0.05) is 0 Å². The molecule has 0 amide bonds. The number of nitrogens with zero attached hydrogens (tertiary/aromatic N) is 2. The summed E-state index contributed by atoms with van der Waals surface area (Å²) in [5, 5.41) is 11.6. The fraction of sp³-hybridized carbons (Fsp3) is 0.538. The lowest BCUT2D eigenvalue weighted by molar-refractivity contribution is 0.0692. The van der Waals surface area contributed by atoms with Crippen molar-refractivity contribution in [3.63, 3.8) is 0 Å². The zero-order chi connectivity index (χ0) is 14.4. The molecule has 0 aliphatic carbocycles. The second kappa shape index (κ2) is 7.04. The first kappa shape index (κ1) is 15.4. The lowest BCUT2D eigenvalue weighted by atomic mass is 10.2. The van der Waals surface area contributed by atoms with E-state index in [1.54, 1.807) is 0 Å². The predicted octanol–water partition coefficient (Wildman–Crippen LogP) is 2.06. The first-order chi connectivity index (χ1) is 8.93. The van der Waals surface area contributed by atoms with Crippen LogP contribution in [0.1, 0.15) is 30.6 Å². The number of anilines is 1. The number of halogens is 1. The zero-order valence-corrected chi connectivity index (χ0v) is 11.5. The SMILES string of the molecule is CC(C)N(C)CCCNc1nccc(C(=O)O)c1F. The summed E-state index contributed by atoms with van der Waals surface area (Å²) in [7, 11) is 2.02. The summed E-state index contributed by atoms with van der Waals surface area (Å²) in [5.74, 6) is -2.11. The van der Waals surface area contributed by atoms with Crippen LogP contribution < -0.4 is 5.32 Å². The molecule has 0 bridgehead atoms. The Kier molecular flexibility index (Phi) is 5.69. The van der Waals surface area contributed by atoms with E-state index >= 15 is 0 Å². The van der Waals surface area contributed by atoms with Crippen molar-refractivity contribution in [2.24, 2.45) is 0 Å². The number of carboxylic acid groups (broad SMARTS) is 1. The van der Waals surface area contributed by atoms with Crippen molar-refractivity contribution in [3.05, 3.63) is 23.6 Å². The number of aromatic carboxylic acids is 1. The average Bonchev–Trinajstić information content (AvgIpc) is 2.35. The molecule has 106 valence electrons. The van der Waals surface area contributed by atoms with Crippen LogP contribution >= 0.6 is 0 Å². The van der Waals surface area contributed by atoms with E-state index in [1.165, 1.54) is 6.20 Å². The molecule has 0 spiro atoms. The van der Waals surface area contributed by atoms with E-state index < -0.39 is 11.8 Å². The number of carboxylic acids is 1. The number of rotatable bonds is 7. The molecule has 0 atom stereocenters. The van der Waals surface area contributed by atoms with E-state index in [-0.39, 0.29) is 11.4 Å². The van der Waals surface area contributed by atoms with Crippen molar-refractivity contribution < 1.29 is 14.3 Å². The molecular weight excluding hydrogens is 249 g/mol. The maximum absolute atomic E-state index is 13.7. The molecule has 5 nitrogen and oxygen atoms in total. The van der Waals surface area contributed by atoms with Crippen LogP contribution in [0.15, 0.2) is 12.3 Å². The van der Waals surface area contributed by atoms with Crippen LogP contribution in [0.25, 0.3) is 0 Å². The van der Waals surface area contributed by atoms with E-state index in [1.807, 2.05) is 7.05 Å². The number of hydrogen-bond donors (Lipinski definition) is 2. The molecule has 1 heterocycles. The highest BCUT2D eigenvalue weighted by Crippen LogP contribution is 2.14. The molecule has 0 radical (unpaired) electrons. The summed E-state index contributed by atoms with van der Waals surface area (Å²) >= 11 is 0. The summed E-state index contributed by atoms with van der Waals surface area (Å²) in [4.78, 5) is 16.8.